The molecule has 1 unspecified atom stereocenters. The van der Waals surface area contributed by atoms with Gasteiger partial charge < -0.3 is 10.5 Å². The number of aryl methyl sites for hydroxylation is 1. The zero-order chi connectivity index (χ0) is 13.4. The summed E-state index contributed by atoms with van der Waals surface area (Å²) in [7, 11) is 0. The van der Waals surface area contributed by atoms with E-state index in [0.29, 0.717) is 6.42 Å². The predicted octanol–water partition coefficient (Wildman–Crippen LogP) is 3.66. The second-order valence-electron chi connectivity index (χ2n) is 5.04. The molecule has 2 N–H and O–H groups in total. The zero-order valence-corrected chi connectivity index (χ0v) is 10.8. The van der Waals surface area contributed by atoms with E-state index in [4.69, 9.17) is 10.5 Å². The lowest BCUT2D eigenvalue weighted by molar-refractivity contribution is 0.161. The van der Waals surface area contributed by atoms with Gasteiger partial charge in [0.2, 0.25) is 0 Å². The first-order valence-electron chi connectivity index (χ1n) is 6.42. The van der Waals surface area contributed by atoms with Crippen LogP contribution in [0.3, 0.4) is 0 Å². The first-order chi connectivity index (χ1) is 9.13. The average Bonchev–Trinajstić information content (AvgIpc) is 2.39. The van der Waals surface area contributed by atoms with E-state index in [1.807, 2.05) is 25.1 Å². The van der Waals surface area contributed by atoms with Gasteiger partial charge in [0.1, 0.15) is 17.7 Å². The monoisotopic (exact) mass is 257 g/mol. The lowest BCUT2D eigenvalue weighted by atomic mass is 9.92. The number of hydrogen-bond acceptors (Lipinski definition) is 2. The molecule has 1 heterocycles. The van der Waals surface area contributed by atoms with Crippen molar-refractivity contribution < 1.29 is 9.13 Å². The largest absolute Gasteiger partial charge is 0.485 e. The fourth-order valence-electron chi connectivity index (χ4n) is 2.53. The van der Waals surface area contributed by atoms with E-state index < -0.39 is 0 Å². The molecule has 2 atom stereocenters. The second kappa shape index (κ2) is 4.67. The number of ether oxygens (including phenoxy) is 1. The summed E-state index contributed by atoms with van der Waals surface area (Å²) in [6.07, 6.45) is 0.487. The Hall–Kier alpha value is -1.87. The molecule has 1 aliphatic heterocycles. The van der Waals surface area contributed by atoms with Crippen LogP contribution in [0.2, 0.25) is 0 Å². The van der Waals surface area contributed by atoms with Crippen LogP contribution >= 0.6 is 0 Å². The van der Waals surface area contributed by atoms with Crippen molar-refractivity contribution in [2.24, 2.45) is 5.73 Å². The molecule has 0 fully saturated rings. The van der Waals surface area contributed by atoms with Gasteiger partial charge in [-0.15, -0.1) is 0 Å². The summed E-state index contributed by atoms with van der Waals surface area (Å²) in [6.45, 7) is 2.03. The number of rotatable bonds is 1. The Morgan fingerprint density at radius 2 is 2.05 bits per heavy atom. The molecule has 0 saturated heterocycles. The van der Waals surface area contributed by atoms with E-state index in [0.717, 1.165) is 16.9 Å². The minimum absolute atomic E-state index is 0.0723. The zero-order valence-electron chi connectivity index (χ0n) is 10.8. The fourth-order valence-corrected chi connectivity index (χ4v) is 2.53. The van der Waals surface area contributed by atoms with E-state index in [-0.39, 0.29) is 18.0 Å². The molecular formula is C16H16FNO. The van der Waals surface area contributed by atoms with Gasteiger partial charge in [-0.25, -0.2) is 4.39 Å². The molecule has 19 heavy (non-hydrogen) atoms. The molecule has 2 aromatic carbocycles. The highest BCUT2D eigenvalue weighted by Gasteiger charge is 2.27. The Kier molecular flexibility index (Phi) is 2.99. The molecule has 0 bridgehead atoms. The first-order valence-corrected chi connectivity index (χ1v) is 6.42. The molecule has 98 valence electrons. The van der Waals surface area contributed by atoms with Crippen molar-refractivity contribution in [3.05, 3.63) is 65.0 Å². The van der Waals surface area contributed by atoms with Gasteiger partial charge in [-0.1, -0.05) is 29.8 Å². The van der Waals surface area contributed by atoms with Gasteiger partial charge in [0.15, 0.2) is 0 Å². The highest BCUT2D eigenvalue weighted by atomic mass is 19.1. The van der Waals surface area contributed by atoms with Gasteiger partial charge in [0.05, 0.1) is 0 Å². The van der Waals surface area contributed by atoms with Crippen LogP contribution in [0.4, 0.5) is 4.39 Å². The third kappa shape index (κ3) is 2.34. The molecule has 0 amide bonds. The first kappa shape index (κ1) is 12.2. The quantitative estimate of drug-likeness (QED) is 0.846. The van der Waals surface area contributed by atoms with E-state index in [2.05, 4.69) is 6.07 Å². The summed E-state index contributed by atoms with van der Waals surface area (Å²) in [6, 6.07) is 12.4. The highest BCUT2D eigenvalue weighted by Crippen LogP contribution is 2.39. The lowest BCUT2D eigenvalue weighted by Gasteiger charge is -2.30. The smallest absolute Gasteiger partial charge is 0.126 e. The average molecular weight is 257 g/mol. The summed E-state index contributed by atoms with van der Waals surface area (Å²) in [4.78, 5) is 0. The van der Waals surface area contributed by atoms with E-state index >= 15 is 0 Å². The van der Waals surface area contributed by atoms with Crippen LogP contribution in [0, 0.1) is 12.7 Å². The molecule has 1 aliphatic rings. The van der Waals surface area contributed by atoms with Gasteiger partial charge >= 0.3 is 0 Å². The molecule has 0 spiro atoms. The summed E-state index contributed by atoms with van der Waals surface area (Å²) in [5.74, 6) is 0.558. The van der Waals surface area contributed by atoms with Crippen molar-refractivity contribution >= 4 is 0 Å². The normalized spacial score (nSPS) is 21.6. The molecule has 0 saturated carbocycles. The molecule has 3 heteroatoms. The lowest BCUT2D eigenvalue weighted by Crippen LogP contribution is -2.24. The minimum Gasteiger partial charge on any atom is -0.485 e. The van der Waals surface area contributed by atoms with Crippen molar-refractivity contribution in [2.45, 2.75) is 25.5 Å². The maximum Gasteiger partial charge on any atom is 0.126 e. The molecule has 2 nitrogen and oxygen atoms in total. The van der Waals surface area contributed by atoms with Gasteiger partial charge in [-0.3, -0.25) is 0 Å². The summed E-state index contributed by atoms with van der Waals surface area (Å²) in [5.41, 5.74) is 9.25. The number of halogens is 1. The van der Waals surface area contributed by atoms with Gasteiger partial charge in [-0.05, 0) is 30.7 Å². The third-order valence-corrected chi connectivity index (χ3v) is 3.52. The summed E-state index contributed by atoms with van der Waals surface area (Å²) in [5, 5.41) is 0. The van der Waals surface area contributed by atoms with Crippen molar-refractivity contribution in [2.75, 3.05) is 0 Å². The fraction of sp³-hybridized carbons (Fsp3) is 0.250. The molecule has 2 aromatic rings. The maximum absolute atomic E-state index is 13.3. The van der Waals surface area contributed by atoms with Crippen LogP contribution < -0.4 is 10.5 Å². The predicted molar refractivity (Wildman–Crippen MR) is 72.5 cm³/mol. The van der Waals surface area contributed by atoms with Crippen LogP contribution in [-0.4, -0.2) is 0 Å². The Labute approximate surface area is 112 Å². The van der Waals surface area contributed by atoms with Crippen molar-refractivity contribution in [1.82, 2.24) is 0 Å². The number of hydrogen-bond donors (Lipinski definition) is 1. The molecule has 0 aromatic heterocycles. The highest BCUT2D eigenvalue weighted by molar-refractivity contribution is 5.41. The van der Waals surface area contributed by atoms with Crippen LogP contribution in [0.15, 0.2) is 42.5 Å². The Balaban J connectivity index is 1.95. The second-order valence-corrected chi connectivity index (χ2v) is 5.04. The Morgan fingerprint density at radius 3 is 2.84 bits per heavy atom. The van der Waals surface area contributed by atoms with Crippen LogP contribution in [0.5, 0.6) is 5.75 Å². The molecular weight excluding hydrogens is 241 g/mol. The molecule has 3 rings (SSSR count). The summed E-state index contributed by atoms with van der Waals surface area (Å²) >= 11 is 0. The number of fused-ring (bicyclic) bond motifs is 1. The maximum atomic E-state index is 13.3. The topological polar surface area (TPSA) is 35.2 Å². The van der Waals surface area contributed by atoms with Crippen molar-refractivity contribution in [1.29, 1.82) is 0 Å². The Morgan fingerprint density at radius 1 is 1.21 bits per heavy atom. The minimum atomic E-state index is -0.246. The van der Waals surface area contributed by atoms with E-state index in [1.165, 1.54) is 17.7 Å². The SMILES string of the molecule is Cc1ccc2c(c1)[C@H](N)CC(c1cccc(F)c1)O2. The van der Waals surface area contributed by atoms with Crippen LogP contribution in [0.25, 0.3) is 0 Å². The van der Waals surface area contributed by atoms with Crippen molar-refractivity contribution in [3.8, 4) is 5.75 Å². The van der Waals surface area contributed by atoms with Crippen molar-refractivity contribution in [3.63, 3.8) is 0 Å². The number of benzene rings is 2. The van der Waals surface area contributed by atoms with Crippen LogP contribution in [0.1, 0.15) is 35.3 Å². The Bertz CT molecular complexity index is 611. The van der Waals surface area contributed by atoms with Gasteiger partial charge in [0.25, 0.3) is 0 Å². The standard InChI is InChI=1S/C16H16FNO/c1-10-5-6-15-13(7-10)14(18)9-16(19-15)11-3-2-4-12(17)8-11/h2-8,14,16H,9,18H2,1H3/t14-,16?/m1/s1. The number of nitrogens with two attached hydrogens (primary N) is 1. The summed E-state index contributed by atoms with van der Waals surface area (Å²) < 4.78 is 19.2. The van der Waals surface area contributed by atoms with Gasteiger partial charge in [0, 0.05) is 18.0 Å². The van der Waals surface area contributed by atoms with Gasteiger partial charge in [-0.2, -0.15) is 0 Å². The van der Waals surface area contributed by atoms with E-state index in [9.17, 15) is 4.39 Å². The van der Waals surface area contributed by atoms with Crippen LogP contribution in [-0.2, 0) is 0 Å². The third-order valence-electron chi connectivity index (χ3n) is 3.52. The molecule has 0 radical (unpaired) electrons. The van der Waals surface area contributed by atoms with E-state index in [1.54, 1.807) is 6.07 Å². The molecule has 0 aliphatic carbocycles.